The minimum Gasteiger partial charge on any atom is -0.328 e. The van der Waals surface area contributed by atoms with E-state index in [0.29, 0.717) is 0 Å². The molecule has 2 aromatic rings. The third-order valence-corrected chi connectivity index (χ3v) is 4.01. The number of nitrogens with two attached hydrogens (primary N) is 1. The van der Waals surface area contributed by atoms with Gasteiger partial charge in [-0.1, -0.05) is 18.2 Å². The lowest BCUT2D eigenvalue weighted by Crippen LogP contribution is -2.18. The summed E-state index contributed by atoms with van der Waals surface area (Å²) in [6.07, 6.45) is 0.893. The Morgan fingerprint density at radius 3 is 2.25 bits per heavy atom. The summed E-state index contributed by atoms with van der Waals surface area (Å²) in [5, 5.41) is 4.70. The number of aryl methyl sites for hydroxylation is 3. The fourth-order valence-electron chi connectivity index (χ4n) is 2.75. The molecule has 0 saturated carbocycles. The molecule has 1 atom stereocenters. The maximum absolute atomic E-state index is 5.94. The van der Waals surface area contributed by atoms with Crippen molar-refractivity contribution in [3.05, 3.63) is 51.8 Å². The van der Waals surface area contributed by atoms with E-state index in [-0.39, 0.29) is 6.04 Å². The van der Waals surface area contributed by atoms with Gasteiger partial charge in [-0.05, 0) is 63.3 Å². The van der Waals surface area contributed by atoms with Crippen molar-refractivity contribution in [2.45, 2.75) is 53.6 Å². The van der Waals surface area contributed by atoms with Gasteiger partial charge in [-0.15, -0.1) is 0 Å². The average molecular weight is 271 g/mol. The molecule has 1 heterocycles. The normalized spacial score (nSPS) is 12.7. The Morgan fingerprint density at radius 1 is 1.10 bits per heavy atom. The highest BCUT2D eigenvalue weighted by Gasteiger charge is 2.14. The third-order valence-electron chi connectivity index (χ3n) is 4.01. The van der Waals surface area contributed by atoms with Gasteiger partial charge in [-0.2, -0.15) is 5.10 Å². The van der Waals surface area contributed by atoms with Crippen molar-refractivity contribution in [3.63, 3.8) is 0 Å². The highest BCUT2D eigenvalue weighted by molar-refractivity contribution is 5.34. The van der Waals surface area contributed by atoms with Gasteiger partial charge < -0.3 is 5.73 Å². The van der Waals surface area contributed by atoms with Crippen molar-refractivity contribution in [2.75, 3.05) is 0 Å². The molecule has 20 heavy (non-hydrogen) atoms. The van der Waals surface area contributed by atoms with E-state index in [1.54, 1.807) is 0 Å². The van der Waals surface area contributed by atoms with Gasteiger partial charge in [0.1, 0.15) is 0 Å². The summed E-state index contributed by atoms with van der Waals surface area (Å²) in [5.74, 6) is 0. The summed E-state index contributed by atoms with van der Waals surface area (Å²) in [6.45, 7) is 11.4. The Hall–Kier alpha value is -1.61. The van der Waals surface area contributed by atoms with Gasteiger partial charge in [-0.25, -0.2) is 0 Å². The maximum Gasteiger partial charge on any atom is 0.0667 e. The maximum atomic E-state index is 5.94. The highest BCUT2D eigenvalue weighted by atomic mass is 15.3. The number of benzene rings is 1. The number of rotatable bonds is 4. The van der Waals surface area contributed by atoms with E-state index in [4.69, 9.17) is 10.8 Å². The molecule has 0 fully saturated rings. The van der Waals surface area contributed by atoms with Crippen molar-refractivity contribution < 1.29 is 0 Å². The summed E-state index contributed by atoms with van der Waals surface area (Å²) in [4.78, 5) is 0. The highest BCUT2D eigenvalue weighted by Crippen LogP contribution is 2.19. The first-order chi connectivity index (χ1) is 9.40. The molecule has 1 unspecified atom stereocenters. The molecule has 1 aromatic carbocycles. The van der Waals surface area contributed by atoms with Crippen LogP contribution in [-0.4, -0.2) is 15.8 Å². The van der Waals surface area contributed by atoms with Gasteiger partial charge in [0.15, 0.2) is 0 Å². The van der Waals surface area contributed by atoms with Crippen molar-refractivity contribution >= 4 is 0 Å². The van der Waals surface area contributed by atoms with E-state index in [1.165, 1.54) is 27.9 Å². The Kier molecular flexibility index (Phi) is 4.29. The first-order valence-electron chi connectivity index (χ1n) is 7.23. The number of hydrogen-bond donors (Lipinski definition) is 1. The zero-order valence-electron chi connectivity index (χ0n) is 13.2. The smallest absolute Gasteiger partial charge is 0.0667 e. The van der Waals surface area contributed by atoms with E-state index in [9.17, 15) is 0 Å². The second-order valence-corrected chi connectivity index (χ2v) is 5.86. The van der Waals surface area contributed by atoms with Crippen molar-refractivity contribution in [2.24, 2.45) is 5.73 Å². The quantitative estimate of drug-likeness (QED) is 0.929. The number of aromatic nitrogens is 2. The molecule has 0 bridgehead atoms. The third kappa shape index (κ3) is 2.93. The molecular formula is C17H25N3. The van der Waals surface area contributed by atoms with E-state index >= 15 is 0 Å². The van der Waals surface area contributed by atoms with Crippen LogP contribution in [0.15, 0.2) is 18.2 Å². The van der Waals surface area contributed by atoms with Crippen LogP contribution in [-0.2, 0) is 13.0 Å². The van der Waals surface area contributed by atoms with Crippen LogP contribution in [0.3, 0.4) is 0 Å². The van der Waals surface area contributed by atoms with Crippen LogP contribution in [0, 0.1) is 27.7 Å². The molecule has 2 N–H and O–H groups in total. The van der Waals surface area contributed by atoms with E-state index in [2.05, 4.69) is 50.6 Å². The standard InChI is InChI=1S/C17H25N3/c1-11-7-6-8-12(2)17(11)10-20-15(5)16(9-13(3)18)14(4)19-20/h6-8,13H,9-10,18H2,1-5H3. The fourth-order valence-corrected chi connectivity index (χ4v) is 2.75. The molecule has 0 amide bonds. The molecule has 3 nitrogen and oxygen atoms in total. The van der Waals surface area contributed by atoms with Crippen LogP contribution < -0.4 is 5.73 Å². The molecule has 0 aliphatic heterocycles. The Balaban J connectivity index is 2.35. The van der Waals surface area contributed by atoms with Crippen LogP contribution in [0.2, 0.25) is 0 Å². The lowest BCUT2D eigenvalue weighted by atomic mass is 10.0. The molecule has 0 saturated heterocycles. The summed E-state index contributed by atoms with van der Waals surface area (Å²) in [5.41, 5.74) is 13.6. The lowest BCUT2D eigenvalue weighted by molar-refractivity contribution is 0.651. The zero-order valence-corrected chi connectivity index (χ0v) is 13.2. The molecule has 2 rings (SSSR count). The Morgan fingerprint density at radius 2 is 1.70 bits per heavy atom. The number of hydrogen-bond acceptors (Lipinski definition) is 2. The van der Waals surface area contributed by atoms with Crippen LogP contribution in [0.4, 0.5) is 0 Å². The fraction of sp³-hybridized carbons (Fsp3) is 0.471. The van der Waals surface area contributed by atoms with Crippen molar-refractivity contribution in [1.29, 1.82) is 0 Å². The van der Waals surface area contributed by atoms with Gasteiger partial charge in [0.25, 0.3) is 0 Å². The predicted octanol–water partition coefficient (Wildman–Crippen LogP) is 3.05. The summed E-state index contributed by atoms with van der Waals surface area (Å²) in [6, 6.07) is 6.61. The Bertz CT molecular complexity index is 589. The summed E-state index contributed by atoms with van der Waals surface area (Å²) in [7, 11) is 0. The minimum absolute atomic E-state index is 0.172. The van der Waals surface area contributed by atoms with Gasteiger partial charge >= 0.3 is 0 Å². The van der Waals surface area contributed by atoms with Crippen LogP contribution in [0.5, 0.6) is 0 Å². The van der Waals surface area contributed by atoms with E-state index in [0.717, 1.165) is 18.7 Å². The summed E-state index contributed by atoms with van der Waals surface area (Å²) < 4.78 is 2.11. The first kappa shape index (κ1) is 14.8. The molecule has 108 valence electrons. The average Bonchev–Trinajstić information content (AvgIpc) is 2.61. The predicted molar refractivity (Wildman–Crippen MR) is 84.1 cm³/mol. The van der Waals surface area contributed by atoms with Gasteiger partial charge in [0.2, 0.25) is 0 Å². The minimum atomic E-state index is 0.172. The van der Waals surface area contributed by atoms with Crippen LogP contribution in [0.1, 0.15) is 40.6 Å². The first-order valence-corrected chi connectivity index (χ1v) is 7.23. The lowest BCUT2D eigenvalue weighted by Gasteiger charge is -2.12. The van der Waals surface area contributed by atoms with Gasteiger partial charge in [0.05, 0.1) is 12.2 Å². The second kappa shape index (κ2) is 5.80. The second-order valence-electron chi connectivity index (χ2n) is 5.86. The van der Waals surface area contributed by atoms with Crippen molar-refractivity contribution in [1.82, 2.24) is 9.78 Å². The van der Waals surface area contributed by atoms with Crippen LogP contribution in [0.25, 0.3) is 0 Å². The molecule has 0 radical (unpaired) electrons. The molecule has 0 spiro atoms. The van der Waals surface area contributed by atoms with Crippen LogP contribution >= 0.6 is 0 Å². The van der Waals surface area contributed by atoms with Crippen molar-refractivity contribution in [3.8, 4) is 0 Å². The van der Waals surface area contributed by atoms with E-state index in [1.807, 2.05) is 6.92 Å². The SMILES string of the molecule is Cc1cccc(C)c1Cn1nc(C)c(CC(C)N)c1C. The topological polar surface area (TPSA) is 43.8 Å². The van der Waals surface area contributed by atoms with Gasteiger partial charge in [-0.3, -0.25) is 4.68 Å². The summed E-state index contributed by atoms with van der Waals surface area (Å²) >= 11 is 0. The monoisotopic (exact) mass is 271 g/mol. The zero-order chi connectivity index (χ0) is 14.9. The Labute approximate surface area is 121 Å². The number of nitrogens with zero attached hydrogens (tertiary/aromatic N) is 2. The molecular weight excluding hydrogens is 246 g/mol. The van der Waals surface area contributed by atoms with Gasteiger partial charge in [0, 0.05) is 11.7 Å². The van der Waals surface area contributed by atoms with E-state index < -0.39 is 0 Å². The molecule has 1 aromatic heterocycles. The molecule has 0 aliphatic carbocycles. The largest absolute Gasteiger partial charge is 0.328 e. The molecule has 0 aliphatic rings. The molecule has 3 heteroatoms.